The van der Waals surface area contributed by atoms with Gasteiger partial charge in [0, 0.05) is 40.7 Å². The number of sulfonamides is 1. The summed E-state index contributed by atoms with van der Waals surface area (Å²) in [4.78, 5) is 19.3. The molecule has 1 amide bonds. The smallest absolute Gasteiger partial charge is 0.264 e. The third-order valence-electron chi connectivity index (χ3n) is 5.46. The number of nitrogens with one attached hydrogen (secondary N) is 1. The van der Waals surface area contributed by atoms with E-state index in [0.717, 1.165) is 32.5 Å². The highest BCUT2D eigenvalue weighted by atomic mass is 35.5. The Labute approximate surface area is 204 Å². The van der Waals surface area contributed by atoms with E-state index in [0.29, 0.717) is 12.1 Å². The fraction of sp³-hybridized carbons (Fsp3) is 0.0833. The average molecular weight is 514 g/mol. The van der Waals surface area contributed by atoms with E-state index in [-0.39, 0.29) is 16.6 Å². The van der Waals surface area contributed by atoms with Crippen molar-refractivity contribution in [1.82, 2.24) is 9.88 Å². The van der Waals surface area contributed by atoms with Gasteiger partial charge < -0.3 is 4.90 Å². The van der Waals surface area contributed by atoms with Crippen molar-refractivity contribution in [3.05, 3.63) is 89.0 Å². The summed E-state index contributed by atoms with van der Waals surface area (Å²) in [5.74, 6) is -0.984. The third-order valence-corrected chi connectivity index (χ3v) is 8.34. The molecule has 0 radical (unpaired) electrons. The summed E-state index contributed by atoms with van der Waals surface area (Å²) in [7, 11) is -2.42. The summed E-state index contributed by atoms with van der Waals surface area (Å²) < 4.78 is 42.0. The second-order valence-corrected chi connectivity index (χ2v) is 11.0. The van der Waals surface area contributed by atoms with Crippen molar-refractivity contribution in [3.63, 3.8) is 0 Å². The van der Waals surface area contributed by atoms with Gasteiger partial charge in [0.05, 0.1) is 16.9 Å². The predicted molar refractivity (Wildman–Crippen MR) is 131 cm³/mol. The number of carbonyl (C=O) groups excluding carboxylic acids is 1. The van der Waals surface area contributed by atoms with Gasteiger partial charge in [-0.3, -0.25) is 14.5 Å². The first-order valence-electron chi connectivity index (χ1n) is 10.1. The van der Waals surface area contributed by atoms with Crippen molar-refractivity contribution in [2.75, 3.05) is 11.8 Å². The molecule has 10 heteroatoms. The number of pyridine rings is 1. The monoisotopic (exact) mass is 513 g/mol. The van der Waals surface area contributed by atoms with E-state index < -0.39 is 20.7 Å². The van der Waals surface area contributed by atoms with Gasteiger partial charge in [0.25, 0.3) is 15.9 Å². The standard InChI is InChI=1S/C24H17ClFN3O3S2/c1-29-13-16-9-14(5-6-18(16)24(29)30)20-7-8-21(33-20)15-10-17(12-27-11-15)28-34(31,32)22-4-2-3-19(25)23(22)26/h2-12,28H,13H2,1H3. The van der Waals surface area contributed by atoms with E-state index in [4.69, 9.17) is 11.6 Å². The molecule has 0 unspecified atom stereocenters. The topological polar surface area (TPSA) is 79.4 Å². The summed E-state index contributed by atoms with van der Waals surface area (Å²) in [5.41, 5.74) is 3.62. The van der Waals surface area contributed by atoms with Crippen molar-refractivity contribution in [1.29, 1.82) is 0 Å². The zero-order valence-electron chi connectivity index (χ0n) is 17.7. The van der Waals surface area contributed by atoms with E-state index in [1.54, 1.807) is 24.2 Å². The maximum Gasteiger partial charge on any atom is 0.264 e. The number of thiophene rings is 1. The Hall–Kier alpha value is -3.27. The largest absolute Gasteiger partial charge is 0.337 e. The Kier molecular flexibility index (Phi) is 5.63. The molecule has 0 fully saturated rings. The number of fused-ring (bicyclic) bond motifs is 1. The van der Waals surface area contributed by atoms with Gasteiger partial charge >= 0.3 is 0 Å². The highest BCUT2D eigenvalue weighted by Crippen LogP contribution is 2.37. The second-order valence-electron chi connectivity index (χ2n) is 7.82. The molecule has 1 aliphatic rings. The van der Waals surface area contributed by atoms with Gasteiger partial charge in [-0.25, -0.2) is 12.8 Å². The van der Waals surface area contributed by atoms with Crippen LogP contribution in [0.2, 0.25) is 5.02 Å². The van der Waals surface area contributed by atoms with Crippen LogP contribution in [0.4, 0.5) is 10.1 Å². The molecule has 3 heterocycles. The van der Waals surface area contributed by atoms with Crippen molar-refractivity contribution < 1.29 is 17.6 Å². The number of carbonyl (C=O) groups is 1. The van der Waals surface area contributed by atoms with E-state index in [2.05, 4.69) is 9.71 Å². The fourth-order valence-corrected chi connectivity index (χ4v) is 6.15. The lowest BCUT2D eigenvalue weighted by molar-refractivity contribution is 0.0816. The Bertz CT molecular complexity index is 1550. The van der Waals surface area contributed by atoms with Gasteiger partial charge in [0.2, 0.25) is 0 Å². The van der Waals surface area contributed by atoms with Crippen molar-refractivity contribution in [3.8, 4) is 20.9 Å². The molecule has 2 aromatic heterocycles. The number of rotatable bonds is 5. The van der Waals surface area contributed by atoms with Crippen LogP contribution in [0.3, 0.4) is 0 Å². The maximum absolute atomic E-state index is 14.2. The Balaban J connectivity index is 1.41. The first-order chi connectivity index (χ1) is 16.2. The van der Waals surface area contributed by atoms with Crippen molar-refractivity contribution in [2.45, 2.75) is 11.4 Å². The van der Waals surface area contributed by atoms with Gasteiger partial charge in [0.1, 0.15) is 4.90 Å². The molecule has 6 nitrogen and oxygen atoms in total. The molecule has 0 atom stereocenters. The number of nitrogens with zero attached hydrogens (tertiary/aromatic N) is 2. The molecule has 0 bridgehead atoms. The van der Waals surface area contributed by atoms with E-state index in [1.807, 2.05) is 30.3 Å². The van der Waals surface area contributed by atoms with Crippen LogP contribution in [-0.2, 0) is 16.6 Å². The zero-order valence-corrected chi connectivity index (χ0v) is 20.1. The molecule has 0 saturated heterocycles. The normalized spacial score (nSPS) is 13.3. The summed E-state index contributed by atoms with van der Waals surface area (Å²) >= 11 is 7.25. The molecule has 5 rings (SSSR count). The maximum atomic E-state index is 14.2. The molecule has 2 aromatic carbocycles. The van der Waals surface area contributed by atoms with Crippen LogP contribution in [0.15, 0.2) is 71.9 Å². The Morgan fingerprint density at radius 1 is 1.06 bits per heavy atom. The molecular formula is C24H17ClFN3O3S2. The minimum atomic E-state index is -4.20. The molecule has 0 aliphatic carbocycles. The summed E-state index contributed by atoms with van der Waals surface area (Å²) in [6.07, 6.45) is 2.98. The molecular weight excluding hydrogens is 497 g/mol. The minimum Gasteiger partial charge on any atom is -0.337 e. The lowest BCUT2D eigenvalue weighted by Gasteiger charge is -2.10. The highest BCUT2D eigenvalue weighted by Gasteiger charge is 2.25. The van der Waals surface area contributed by atoms with E-state index in [9.17, 15) is 17.6 Å². The zero-order chi connectivity index (χ0) is 24.0. The number of hydrogen-bond acceptors (Lipinski definition) is 5. The van der Waals surface area contributed by atoms with Crippen molar-refractivity contribution in [2.24, 2.45) is 0 Å². The minimum absolute atomic E-state index is 0.0245. The number of halogens is 2. The van der Waals surface area contributed by atoms with Crippen LogP contribution in [0, 0.1) is 5.82 Å². The molecule has 4 aromatic rings. The molecule has 0 spiro atoms. The molecule has 0 saturated carbocycles. The van der Waals surface area contributed by atoms with Gasteiger partial charge in [-0.1, -0.05) is 23.7 Å². The Morgan fingerprint density at radius 3 is 2.62 bits per heavy atom. The first kappa shape index (κ1) is 22.5. The van der Waals surface area contributed by atoms with Crippen LogP contribution in [0.1, 0.15) is 15.9 Å². The van der Waals surface area contributed by atoms with Crippen LogP contribution in [-0.4, -0.2) is 31.3 Å². The van der Waals surface area contributed by atoms with E-state index in [1.165, 1.54) is 29.7 Å². The van der Waals surface area contributed by atoms with Crippen LogP contribution >= 0.6 is 22.9 Å². The van der Waals surface area contributed by atoms with Gasteiger partial charge in [-0.05, 0) is 53.6 Å². The first-order valence-corrected chi connectivity index (χ1v) is 12.8. The van der Waals surface area contributed by atoms with Gasteiger partial charge in [-0.2, -0.15) is 0 Å². The number of amides is 1. The Morgan fingerprint density at radius 2 is 1.82 bits per heavy atom. The number of anilines is 1. The number of benzene rings is 2. The highest BCUT2D eigenvalue weighted by molar-refractivity contribution is 7.92. The number of hydrogen-bond donors (Lipinski definition) is 1. The predicted octanol–water partition coefficient (Wildman–Crippen LogP) is 5.66. The SMILES string of the molecule is CN1Cc2cc(-c3ccc(-c4cncc(NS(=O)(=O)c5cccc(Cl)c5F)c4)s3)ccc2C1=O. The number of aromatic nitrogens is 1. The van der Waals surface area contributed by atoms with Crippen molar-refractivity contribution >= 4 is 44.6 Å². The molecule has 34 heavy (non-hydrogen) atoms. The quantitative estimate of drug-likeness (QED) is 0.373. The summed E-state index contributed by atoms with van der Waals surface area (Å²) in [6, 6.07) is 15.1. The fourth-order valence-electron chi connectivity index (χ4n) is 3.80. The second kappa shape index (κ2) is 8.50. The lowest BCUT2D eigenvalue weighted by Crippen LogP contribution is -2.17. The van der Waals surface area contributed by atoms with Crippen LogP contribution < -0.4 is 4.72 Å². The molecule has 1 aliphatic heterocycles. The van der Waals surface area contributed by atoms with Gasteiger partial charge in [0.15, 0.2) is 5.82 Å². The molecule has 172 valence electrons. The average Bonchev–Trinajstić information content (AvgIpc) is 3.40. The van der Waals surface area contributed by atoms with Gasteiger partial charge in [-0.15, -0.1) is 11.3 Å². The summed E-state index contributed by atoms with van der Waals surface area (Å²) in [5, 5.41) is -0.275. The van der Waals surface area contributed by atoms with Crippen LogP contribution in [0.25, 0.3) is 20.9 Å². The third kappa shape index (κ3) is 4.06. The lowest BCUT2D eigenvalue weighted by atomic mass is 10.1. The van der Waals surface area contributed by atoms with Crippen LogP contribution in [0.5, 0.6) is 0 Å². The van der Waals surface area contributed by atoms with E-state index >= 15 is 0 Å². The molecule has 1 N–H and O–H groups in total. The summed E-state index contributed by atoms with van der Waals surface area (Å²) in [6.45, 7) is 0.583.